The van der Waals surface area contributed by atoms with Crippen molar-refractivity contribution in [2.45, 2.75) is 38.9 Å². The minimum Gasteiger partial charge on any atom is -0.487 e. The molecule has 0 saturated heterocycles. The van der Waals surface area contributed by atoms with Gasteiger partial charge in [0.05, 0.1) is 12.0 Å². The van der Waals surface area contributed by atoms with E-state index < -0.39 is 5.60 Å². The van der Waals surface area contributed by atoms with Crippen LogP contribution < -0.4 is 9.47 Å². The van der Waals surface area contributed by atoms with Gasteiger partial charge in [-0.2, -0.15) is 0 Å². The second-order valence-corrected chi connectivity index (χ2v) is 5.18. The molecule has 1 heterocycles. The summed E-state index contributed by atoms with van der Waals surface area (Å²) in [6.07, 6.45) is 2.05. The van der Waals surface area contributed by atoms with Gasteiger partial charge in [-0.1, -0.05) is 12.7 Å². The molecular formula is C15H18O3. The average molecular weight is 246 g/mol. The lowest BCUT2D eigenvalue weighted by Crippen LogP contribution is -2.35. The lowest BCUT2D eigenvalue weighted by molar-refractivity contribution is 0.0618. The van der Waals surface area contributed by atoms with Gasteiger partial charge in [-0.3, -0.25) is 4.79 Å². The number of rotatable bonds is 3. The molecule has 0 fully saturated rings. The predicted octanol–water partition coefficient (Wildman–Crippen LogP) is 3.38. The Morgan fingerprint density at radius 1 is 1.50 bits per heavy atom. The van der Waals surface area contributed by atoms with Crippen LogP contribution in [0.25, 0.3) is 0 Å². The summed E-state index contributed by atoms with van der Waals surface area (Å²) < 4.78 is 11.4. The Morgan fingerprint density at radius 3 is 2.89 bits per heavy atom. The molecule has 0 aliphatic carbocycles. The SMILES string of the molecule is C=CC(C)Oc1ccc2c(c1)OC(C)(C)CC2=O. The highest BCUT2D eigenvalue weighted by atomic mass is 16.5. The molecule has 3 nitrogen and oxygen atoms in total. The molecule has 1 aliphatic heterocycles. The highest BCUT2D eigenvalue weighted by molar-refractivity contribution is 6.00. The van der Waals surface area contributed by atoms with Crippen LogP contribution in [-0.4, -0.2) is 17.5 Å². The van der Waals surface area contributed by atoms with E-state index in [4.69, 9.17) is 9.47 Å². The molecule has 1 atom stereocenters. The normalized spacial score (nSPS) is 18.5. The van der Waals surface area contributed by atoms with Gasteiger partial charge in [-0.15, -0.1) is 0 Å². The third kappa shape index (κ3) is 2.55. The molecule has 0 bridgehead atoms. The molecule has 0 N–H and O–H groups in total. The molecule has 0 amide bonds. The molecule has 3 heteroatoms. The second kappa shape index (κ2) is 4.48. The van der Waals surface area contributed by atoms with Crippen LogP contribution in [0.3, 0.4) is 0 Å². The van der Waals surface area contributed by atoms with E-state index in [-0.39, 0.29) is 11.9 Å². The standard InChI is InChI=1S/C15H18O3/c1-5-10(2)17-11-6-7-12-13(16)9-15(3,4)18-14(12)8-11/h5-8,10H,1,9H2,2-4H3. The highest BCUT2D eigenvalue weighted by Gasteiger charge is 2.32. The summed E-state index contributed by atoms with van der Waals surface area (Å²) in [5, 5.41) is 0. The van der Waals surface area contributed by atoms with Crippen molar-refractivity contribution in [3.63, 3.8) is 0 Å². The van der Waals surface area contributed by atoms with E-state index in [2.05, 4.69) is 6.58 Å². The number of ketones is 1. The zero-order chi connectivity index (χ0) is 13.3. The summed E-state index contributed by atoms with van der Waals surface area (Å²) in [7, 11) is 0. The van der Waals surface area contributed by atoms with E-state index >= 15 is 0 Å². The van der Waals surface area contributed by atoms with Crippen molar-refractivity contribution >= 4 is 5.78 Å². The Morgan fingerprint density at radius 2 is 2.22 bits per heavy atom. The molecule has 0 radical (unpaired) electrons. The average Bonchev–Trinajstić information content (AvgIpc) is 2.26. The number of ether oxygens (including phenoxy) is 2. The van der Waals surface area contributed by atoms with Crippen LogP contribution in [0.5, 0.6) is 11.5 Å². The minimum absolute atomic E-state index is 0.0737. The predicted molar refractivity (Wildman–Crippen MR) is 70.4 cm³/mol. The van der Waals surface area contributed by atoms with Crippen LogP contribution in [0.4, 0.5) is 0 Å². The maximum atomic E-state index is 12.0. The maximum absolute atomic E-state index is 12.0. The van der Waals surface area contributed by atoms with Crippen LogP contribution in [0, 0.1) is 0 Å². The van der Waals surface area contributed by atoms with Crippen molar-refractivity contribution in [2.75, 3.05) is 0 Å². The summed E-state index contributed by atoms with van der Waals surface area (Å²) in [5.41, 5.74) is 0.181. The fourth-order valence-electron chi connectivity index (χ4n) is 1.97. The number of fused-ring (bicyclic) bond motifs is 1. The number of carbonyl (C=O) groups is 1. The third-order valence-electron chi connectivity index (χ3n) is 2.88. The summed E-state index contributed by atoms with van der Waals surface area (Å²) in [6, 6.07) is 5.32. The van der Waals surface area contributed by atoms with Crippen molar-refractivity contribution < 1.29 is 14.3 Å². The van der Waals surface area contributed by atoms with Gasteiger partial charge < -0.3 is 9.47 Å². The van der Waals surface area contributed by atoms with E-state index in [0.717, 1.165) is 0 Å². The topological polar surface area (TPSA) is 35.5 Å². The molecular weight excluding hydrogens is 228 g/mol. The first-order valence-corrected chi connectivity index (χ1v) is 6.07. The molecule has 0 saturated carbocycles. The zero-order valence-electron chi connectivity index (χ0n) is 11.0. The van der Waals surface area contributed by atoms with Crippen LogP contribution in [-0.2, 0) is 0 Å². The smallest absolute Gasteiger partial charge is 0.170 e. The fraction of sp³-hybridized carbons (Fsp3) is 0.400. The largest absolute Gasteiger partial charge is 0.487 e. The first-order chi connectivity index (χ1) is 8.41. The first-order valence-electron chi connectivity index (χ1n) is 6.07. The van der Waals surface area contributed by atoms with Gasteiger partial charge in [0.25, 0.3) is 0 Å². The Kier molecular flexibility index (Phi) is 3.16. The number of Topliss-reactive ketones (excluding diaryl/α,β-unsaturated/α-hetero) is 1. The zero-order valence-corrected chi connectivity index (χ0v) is 11.0. The molecule has 1 aromatic rings. The quantitative estimate of drug-likeness (QED) is 0.767. The van der Waals surface area contributed by atoms with Crippen LogP contribution in [0.2, 0.25) is 0 Å². The number of hydrogen-bond donors (Lipinski definition) is 0. The first kappa shape index (κ1) is 12.7. The number of carbonyl (C=O) groups excluding carboxylic acids is 1. The van der Waals surface area contributed by atoms with Gasteiger partial charge in [0.1, 0.15) is 23.2 Å². The van der Waals surface area contributed by atoms with Crippen molar-refractivity contribution in [2.24, 2.45) is 0 Å². The van der Waals surface area contributed by atoms with Crippen molar-refractivity contribution in [1.29, 1.82) is 0 Å². The molecule has 2 rings (SSSR count). The highest BCUT2D eigenvalue weighted by Crippen LogP contribution is 2.35. The Balaban J connectivity index is 2.31. The van der Waals surface area contributed by atoms with Crippen LogP contribution in [0.1, 0.15) is 37.6 Å². The van der Waals surface area contributed by atoms with Crippen LogP contribution in [0.15, 0.2) is 30.9 Å². The van der Waals surface area contributed by atoms with E-state index in [9.17, 15) is 4.79 Å². The summed E-state index contributed by atoms with van der Waals surface area (Å²) >= 11 is 0. The fourth-order valence-corrected chi connectivity index (χ4v) is 1.97. The van der Waals surface area contributed by atoms with Gasteiger partial charge >= 0.3 is 0 Å². The summed E-state index contributed by atoms with van der Waals surface area (Å²) in [6.45, 7) is 9.40. The van der Waals surface area contributed by atoms with E-state index in [1.807, 2.05) is 20.8 Å². The monoisotopic (exact) mass is 246 g/mol. The van der Waals surface area contributed by atoms with Crippen LogP contribution >= 0.6 is 0 Å². The van der Waals surface area contributed by atoms with Crippen molar-refractivity contribution in [1.82, 2.24) is 0 Å². The van der Waals surface area contributed by atoms with E-state index in [0.29, 0.717) is 23.5 Å². The minimum atomic E-state index is -0.452. The van der Waals surface area contributed by atoms with E-state index in [1.54, 1.807) is 24.3 Å². The molecule has 96 valence electrons. The van der Waals surface area contributed by atoms with E-state index in [1.165, 1.54) is 0 Å². The lowest BCUT2D eigenvalue weighted by Gasteiger charge is -2.31. The van der Waals surface area contributed by atoms with Crippen molar-refractivity contribution in [3.05, 3.63) is 36.4 Å². The maximum Gasteiger partial charge on any atom is 0.170 e. The molecule has 1 unspecified atom stereocenters. The Labute approximate surface area is 107 Å². The lowest BCUT2D eigenvalue weighted by atomic mass is 9.93. The van der Waals surface area contributed by atoms with Gasteiger partial charge in [-0.25, -0.2) is 0 Å². The Hall–Kier alpha value is -1.77. The molecule has 1 aliphatic rings. The van der Waals surface area contributed by atoms with Gasteiger partial charge in [-0.05, 0) is 32.9 Å². The van der Waals surface area contributed by atoms with Crippen molar-refractivity contribution in [3.8, 4) is 11.5 Å². The van der Waals surface area contributed by atoms with Gasteiger partial charge in [0.2, 0.25) is 0 Å². The van der Waals surface area contributed by atoms with Gasteiger partial charge in [0.15, 0.2) is 5.78 Å². The molecule has 0 spiro atoms. The molecule has 18 heavy (non-hydrogen) atoms. The second-order valence-electron chi connectivity index (χ2n) is 5.18. The third-order valence-corrected chi connectivity index (χ3v) is 2.88. The summed E-state index contributed by atoms with van der Waals surface area (Å²) in [4.78, 5) is 12.0. The molecule has 1 aromatic carbocycles. The molecule has 0 aromatic heterocycles. The Bertz CT molecular complexity index is 489. The number of benzene rings is 1. The number of hydrogen-bond acceptors (Lipinski definition) is 3. The van der Waals surface area contributed by atoms with Gasteiger partial charge in [0, 0.05) is 6.07 Å². The summed E-state index contributed by atoms with van der Waals surface area (Å²) in [5.74, 6) is 1.40.